The fraction of sp³-hybridized carbons (Fsp3) is 0.500. The number of rotatable bonds is 7. The standard InChI is InChI=1S/C20H28BrN5O2/c1-26(2)18-8-9-22-20(25-18)24-16-6-4-15(5-7-16)23-12-13-10-14(21)11-17(28-3)19(13)27/h8-11,15-16,23,27H,4-7,12H2,1-3H3,(H,22,24,25)/t15-,16+. The molecule has 0 aliphatic heterocycles. The number of aromatic hydroxyl groups is 1. The van der Waals surface area contributed by atoms with E-state index in [2.05, 4.69) is 36.5 Å². The number of halogens is 1. The molecule has 0 bridgehead atoms. The zero-order chi connectivity index (χ0) is 20.1. The predicted molar refractivity (Wildman–Crippen MR) is 115 cm³/mol. The lowest BCUT2D eigenvalue weighted by molar-refractivity contribution is 0.344. The quantitative estimate of drug-likeness (QED) is 0.595. The Morgan fingerprint density at radius 3 is 2.61 bits per heavy atom. The lowest BCUT2D eigenvalue weighted by atomic mass is 9.91. The molecule has 1 fully saturated rings. The third-order valence-corrected chi connectivity index (χ3v) is 5.54. The number of aromatic nitrogens is 2. The second-order valence-electron chi connectivity index (χ2n) is 7.32. The molecule has 7 nitrogen and oxygen atoms in total. The van der Waals surface area contributed by atoms with Crippen molar-refractivity contribution in [1.29, 1.82) is 0 Å². The fourth-order valence-corrected chi connectivity index (χ4v) is 3.95. The Bertz CT molecular complexity index is 794. The van der Waals surface area contributed by atoms with E-state index in [1.807, 2.05) is 31.1 Å². The third kappa shape index (κ3) is 5.26. The summed E-state index contributed by atoms with van der Waals surface area (Å²) in [6.45, 7) is 0.610. The highest BCUT2D eigenvalue weighted by Crippen LogP contribution is 2.33. The highest BCUT2D eigenvalue weighted by molar-refractivity contribution is 9.10. The molecule has 3 rings (SSSR count). The summed E-state index contributed by atoms with van der Waals surface area (Å²) in [4.78, 5) is 10.8. The van der Waals surface area contributed by atoms with E-state index >= 15 is 0 Å². The lowest BCUT2D eigenvalue weighted by Crippen LogP contribution is -2.37. The number of nitrogens with zero attached hydrogens (tertiary/aromatic N) is 3. The Labute approximate surface area is 174 Å². The lowest BCUT2D eigenvalue weighted by Gasteiger charge is -2.30. The minimum atomic E-state index is 0.200. The molecule has 28 heavy (non-hydrogen) atoms. The third-order valence-electron chi connectivity index (χ3n) is 5.08. The maximum Gasteiger partial charge on any atom is 0.224 e. The normalized spacial score (nSPS) is 19.3. The Morgan fingerprint density at radius 1 is 1.21 bits per heavy atom. The number of hydrogen-bond donors (Lipinski definition) is 3. The monoisotopic (exact) mass is 449 g/mol. The van der Waals surface area contributed by atoms with Crippen LogP contribution in [0, 0.1) is 0 Å². The number of ether oxygens (including phenoxy) is 1. The van der Waals surface area contributed by atoms with Crippen LogP contribution < -0.4 is 20.3 Å². The molecule has 0 saturated heterocycles. The van der Waals surface area contributed by atoms with Gasteiger partial charge in [-0.25, -0.2) is 4.98 Å². The molecule has 0 atom stereocenters. The molecule has 8 heteroatoms. The zero-order valence-electron chi connectivity index (χ0n) is 16.6. The first-order valence-electron chi connectivity index (χ1n) is 9.52. The summed E-state index contributed by atoms with van der Waals surface area (Å²) < 4.78 is 6.12. The summed E-state index contributed by atoms with van der Waals surface area (Å²) in [6, 6.07) is 6.40. The van der Waals surface area contributed by atoms with Gasteiger partial charge in [0.2, 0.25) is 5.95 Å². The van der Waals surface area contributed by atoms with Crippen molar-refractivity contribution in [3.8, 4) is 11.5 Å². The number of hydrogen-bond acceptors (Lipinski definition) is 7. The van der Waals surface area contributed by atoms with E-state index in [4.69, 9.17) is 4.74 Å². The van der Waals surface area contributed by atoms with Crippen LogP contribution in [0.1, 0.15) is 31.2 Å². The Balaban J connectivity index is 1.50. The molecular formula is C20H28BrN5O2. The minimum Gasteiger partial charge on any atom is -0.504 e. The van der Waals surface area contributed by atoms with Crippen molar-refractivity contribution in [1.82, 2.24) is 15.3 Å². The van der Waals surface area contributed by atoms with Gasteiger partial charge >= 0.3 is 0 Å². The van der Waals surface area contributed by atoms with E-state index in [1.54, 1.807) is 19.4 Å². The van der Waals surface area contributed by atoms with Crippen LogP contribution in [0.4, 0.5) is 11.8 Å². The van der Waals surface area contributed by atoms with E-state index in [9.17, 15) is 5.11 Å². The van der Waals surface area contributed by atoms with E-state index in [1.165, 1.54) is 0 Å². The van der Waals surface area contributed by atoms with Gasteiger partial charge in [-0.3, -0.25) is 0 Å². The Kier molecular flexibility index (Phi) is 6.96. The number of nitrogens with one attached hydrogen (secondary N) is 2. The van der Waals surface area contributed by atoms with Gasteiger partial charge in [-0.2, -0.15) is 4.98 Å². The molecule has 1 aliphatic carbocycles. The molecule has 0 radical (unpaired) electrons. The van der Waals surface area contributed by atoms with Crippen LogP contribution in [0.2, 0.25) is 0 Å². The molecule has 0 spiro atoms. The molecule has 2 aromatic rings. The summed E-state index contributed by atoms with van der Waals surface area (Å²) in [5.74, 6) is 2.27. The van der Waals surface area contributed by atoms with Gasteiger partial charge in [0.05, 0.1) is 7.11 Å². The Morgan fingerprint density at radius 2 is 1.93 bits per heavy atom. The van der Waals surface area contributed by atoms with E-state index in [-0.39, 0.29) is 5.75 Å². The molecule has 3 N–H and O–H groups in total. The largest absolute Gasteiger partial charge is 0.504 e. The van der Waals surface area contributed by atoms with Crippen molar-refractivity contribution in [2.75, 3.05) is 31.4 Å². The molecule has 0 amide bonds. The van der Waals surface area contributed by atoms with Crippen LogP contribution in [0.25, 0.3) is 0 Å². The van der Waals surface area contributed by atoms with Crippen LogP contribution in [-0.4, -0.2) is 48.4 Å². The number of benzene rings is 1. The summed E-state index contributed by atoms with van der Waals surface area (Å²) in [6.07, 6.45) is 6.03. The molecule has 1 aromatic heterocycles. The van der Waals surface area contributed by atoms with Gasteiger partial charge in [-0.15, -0.1) is 0 Å². The van der Waals surface area contributed by atoms with Gasteiger partial charge in [0.25, 0.3) is 0 Å². The average molecular weight is 450 g/mol. The number of methoxy groups -OCH3 is 1. The molecule has 0 unspecified atom stereocenters. The topological polar surface area (TPSA) is 82.5 Å². The summed E-state index contributed by atoms with van der Waals surface area (Å²) in [5, 5.41) is 17.3. The van der Waals surface area contributed by atoms with Crippen molar-refractivity contribution in [2.45, 2.75) is 44.3 Å². The zero-order valence-corrected chi connectivity index (χ0v) is 18.2. The Hall–Kier alpha value is -2.06. The first-order chi connectivity index (χ1) is 13.5. The van der Waals surface area contributed by atoms with Crippen LogP contribution >= 0.6 is 15.9 Å². The second kappa shape index (κ2) is 9.43. The average Bonchev–Trinajstić information content (AvgIpc) is 2.69. The molecule has 1 saturated carbocycles. The van der Waals surface area contributed by atoms with Gasteiger partial charge in [0.1, 0.15) is 5.82 Å². The summed E-state index contributed by atoms with van der Waals surface area (Å²) in [5.41, 5.74) is 0.834. The van der Waals surface area contributed by atoms with E-state index < -0.39 is 0 Å². The van der Waals surface area contributed by atoms with Crippen molar-refractivity contribution in [3.63, 3.8) is 0 Å². The van der Waals surface area contributed by atoms with Crippen molar-refractivity contribution in [3.05, 3.63) is 34.4 Å². The van der Waals surface area contributed by atoms with Crippen molar-refractivity contribution >= 4 is 27.7 Å². The van der Waals surface area contributed by atoms with Gasteiger partial charge < -0.3 is 25.4 Å². The van der Waals surface area contributed by atoms with Crippen LogP contribution in [0.3, 0.4) is 0 Å². The molecule has 1 aromatic carbocycles. The van der Waals surface area contributed by atoms with Gasteiger partial charge in [-0.05, 0) is 43.9 Å². The smallest absolute Gasteiger partial charge is 0.224 e. The first kappa shape index (κ1) is 20.7. The van der Waals surface area contributed by atoms with Gasteiger partial charge in [0.15, 0.2) is 11.5 Å². The number of phenols is 1. The van der Waals surface area contributed by atoms with Gasteiger partial charge in [0, 0.05) is 49.0 Å². The van der Waals surface area contributed by atoms with Gasteiger partial charge in [-0.1, -0.05) is 15.9 Å². The van der Waals surface area contributed by atoms with Crippen molar-refractivity contribution < 1.29 is 9.84 Å². The number of phenolic OH excluding ortho intramolecular Hbond substituents is 1. The second-order valence-corrected chi connectivity index (χ2v) is 8.24. The van der Waals surface area contributed by atoms with E-state index in [0.717, 1.165) is 41.5 Å². The number of anilines is 2. The summed E-state index contributed by atoms with van der Waals surface area (Å²) in [7, 11) is 5.51. The summed E-state index contributed by atoms with van der Waals surface area (Å²) >= 11 is 3.47. The molecule has 1 heterocycles. The SMILES string of the molecule is COc1cc(Br)cc(CN[C@H]2CC[C@@H](Nc3nccc(N(C)C)n3)CC2)c1O. The minimum absolute atomic E-state index is 0.200. The highest BCUT2D eigenvalue weighted by atomic mass is 79.9. The molecule has 1 aliphatic rings. The van der Waals surface area contributed by atoms with Crippen LogP contribution in [-0.2, 0) is 6.54 Å². The fourth-order valence-electron chi connectivity index (χ4n) is 3.47. The molecule has 152 valence electrons. The van der Waals surface area contributed by atoms with Crippen LogP contribution in [0.5, 0.6) is 11.5 Å². The molecular weight excluding hydrogens is 422 g/mol. The predicted octanol–water partition coefficient (Wildman–Crippen LogP) is 3.53. The first-order valence-corrected chi connectivity index (χ1v) is 10.3. The maximum absolute atomic E-state index is 10.3. The van der Waals surface area contributed by atoms with Crippen LogP contribution in [0.15, 0.2) is 28.9 Å². The maximum atomic E-state index is 10.3. The highest BCUT2D eigenvalue weighted by Gasteiger charge is 2.22. The van der Waals surface area contributed by atoms with E-state index in [0.29, 0.717) is 30.3 Å². The van der Waals surface area contributed by atoms with Crippen molar-refractivity contribution in [2.24, 2.45) is 0 Å².